The zero-order valence-corrected chi connectivity index (χ0v) is 18.6. The maximum Gasteiger partial charge on any atom is 0.179 e. The molecule has 0 amide bonds. The molecule has 0 bridgehead atoms. The summed E-state index contributed by atoms with van der Waals surface area (Å²) >= 11 is 0. The van der Waals surface area contributed by atoms with Gasteiger partial charge in [-0.05, 0) is 65.2 Å². The number of benzene rings is 2. The lowest BCUT2D eigenvalue weighted by Gasteiger charge is -2.30. The first kappa shape index (κ1) is 21.2. The number of aryl methyl sites for hydroxylation is 3. The topological polar surface area (TPSA) is 47.6 Å². The van der Waals surface area contributed by atoms with E-state index in [2.05, 4.69) is 23.8 Å². The van der Waals surface area contributed by atoms with Gasteiger partial charge in [0.1, 0.15) is 11.0 Å². The second kappa shape index (κ2) is 7.71. The van der Waals surface area contributed by atoms with E-state index in [4.69, 9.17) is 9.47 Å². The average molecular weight is 402 g/mol. The van der Waals surface area contributed by atoms with Gasteiger partial charge in [-0.1, -0.05) is 48.0 Å². The lowest BCUT2D eigenvalue weighted by atomic mass is 9.90. The van der Waals surface area contributed by atoms with Crippen molar-refractivity contribution < 1.29 is 13.7 Å². The summed E-state index contributed by atoms with van der Waals surface area (Å²) in [5.74, 6) is 0. The van der Waals surface area contributed by atoms with E-state index in [0.29, 0.717) is 0 Å². The fourth-order valence-corrected chi connectivity index (χ4v) is 4.90. The van der Waals surface area contributed by atoms with Gasteiger partial charge < -0.3 is 9.47 Å². The first-order chi connectivity index (χ1) is 13.0. The Hall–Kier alpha value is -1.53. The molecule has 0 aliphatic carbocycles. The molecule has 3 rings (SSSR count). The predicted molar refractivity (Wildman–Crippen MR) is 113 cm³/mol. The van der Waals surface area contributed by atoms with E-state index in [1.165, 1.54) is 5.56 Å². The number of rotatable bonds is 5. The van der Waals surface area contributed by atoms with Gasteiger partial charge in [0, 0.05) is 0 Å². The summed E-state index contributed by atoms with van der Waals surface area (Å²) in [6.45, 7) is 14.2. The van der Waals surface area contributed by atoms with Crippen molar-refractivity contribution in [1.29, 1.82) is 0 Å². The second-order valence-corrected chi connectivity index (χ2v) is 9.81. The Kier molecular flexibility index (Phi) is 5.84. The molecular weight excluding hydrogens is 370 g/mol. The van der Waals surface area contributed by atoms with Crippen LogP contribution in [0.1, 0.15) is 56.0 Å². The van der Waals surface area contributed by atoms with Crippen LogP contribution in [0.2, 0.25) is 0 Å². The third kappa shape index (κ3) is 4.08. The number of hydrogen-bond acceptors (Lipinski definition) is 3. The van der Waals surface area contributed by atoms with Crippen LogP contribution in [0.5, 0.6) is 0 Å². The third-order valence-corrected chi connectivity index (χ3v) is 7.21. The fourth-order valence-electron chi connectivity index (χ4n) is 3.60. The van der Waals surface area contributed by atoms with Gasteiger partial charge in [0.15, 0.2) is 6.29 Å². The Balaban J connectivity index is 1.95. The van der Waals surface area contributed by atoms with E-state index in [-0.39, 0.29) is 6.04 Å². The first-order valence-electron chi connectivity index (χ1n) is 9.68. The molecule has 152 valence electrons. The Morgan fingerprint density at radius 3 is 1.93 bits per heavy atom. The van der Waals surface area contributed by atoms with Crippen LogP contribution in [0.25, 0.3) is 0 Å². The minimum atomic E-state index is -1.40. The summed E-state index contributed by atoms with van der Waals surface area (Å²) in [5.41, 5.74) is 3.28. The quantitative estimate of drug-likeness (QED) is 0.775. The van der Waals surface area contributed by atoms with Crippen molar-refractivity contribution in [3.05, 3.63) is 64.7 Å². The molecule has 2 aromatic carbocycles. The molecule has 1 aliphatic rings. The molecule has 0 unspecified atom stereocenters. The lowest BCUT2D eigenvalue weighted by Crippen LogP contribution is -2.41. The van der Waals surface area contributed by atoms with Gasteiger partial charge in [-0.2, -0.15) is 0 Å². The molecule has 1 aliphatic heterocycles. The van der Waals surface area contributed by atoms with Crippen LogP contribution >= 0.6 is 0 Å². The molecule has 0 aromatic heterocycles. The second-order valence-electron chi connectivity index (χ2n) is 8.63. The van der Waals surface area contributed by atoms with Crippen molar-refractivity contribution in [1.82, 2.24) is 4.72 Å². The SMILES string of the molecule is Cc1cc(C)c([S@@](=O)N[C@H](c2ccccc2)C2OC(C)(C)C(C)(C)O2)c(C)c1. The van der Waals surface area contributed by atoms with E-state index >= 15 is 0 Å². The molecule has 5 heteroatoms. The molecule has 1 saturated heterocycles. The minimum Gasteiger partial charge on any atom is -0.342 e. The normalized spacial score (nSPS) is 20.8. The van der Waals surface area contributed by atoms with Crippen LogP contribution in [0.3, 0.4) is 0 Å². The zero-order chi connectivity index (χ0) is 20.7. The smallest absolute Gasteiger partial charge is 0.179 e. The molecule has 1 heterocycles. The maximum absolute atomic E-state index is 13.3. The highest BCUT2D eigenvalue weighted by Gasteiger charge is 2.51. The van der Waals surface area contributed by atoms with Gasteiger partial charge in [0.25, 0.3) is 0 Å². The van der Waals surface area contributed by atoms with E-state index in [9.17, 15) is 4.21 Å². The predicted octanol–water partition coefficient (Wildman–Crippen LogP) is 4.90. The Morgan fingerprint density at radius 2 is 1.43 bits per heavy atom. The van der Waals surface area contributed by atoms with Crippen molar-refractivity contribution in [2.75, 3.05) is 0 Å². The van der Waals surface area contributed by atoms with Crippen molar-refractivity contribution in [3.8, 4) is 0 Å². The lowest BCUT2D eigenvalue weighted by molar-refractivity contribution is -0.105. The zero-order valence-electron chi connectivity index (χ0n) is 17.8. The van der Waals surface area contributed by atoms with E-state index in [0.717, 1.165) is 21.6 Å². The van der Waals surface area contributed by atoms with Gasteiger partial charge in [0.05, 0.1) is 22.1 Å². The van der Waals surface area contributed by atoms with Gasteiger partial charge in [-0.3, -0.25) is 0 Å². The molecule has 0 radical (unpaired) electrons. The summed E-state index contributed by atoms with van der Waals surface area (Å²) in [6.07, 6.45) is -0.539. The van der Waals surface area contributed by atoms with Crippen LogP contribution in [0, 0.1) is 20.8 Å². The van der Waals surface area contributed by atoms with Crippen LogP contribution in [-0.4, -0.2) is 21.7 Å². The van der Waals surface area contributed by atoms with Gasteiger partial charge in [-0.15, -0.1) is 0 Å². The van der Waals surface area contributed by atoms with Crippen molar-refractivity contribution in [3.63, 3.8) is 0 Å². The first-order valence-corrected chi connectivity index (χ1v) is 10.8. The minimum absolute atomic E-state index is 0.358. The highest BCUT2D eigenvalue weighted by molar-refractivity contribution is 7.83. The van der Waals surface area contributed by atoms with Crippen molar-refractivity contribution in [2.45, 2.75) is 76.9 Å². The van der Waals surface area contributed by atoms with Crippen LogP contribution in [0.4, 0.5) is 0 Å². The highest BCUT2D eigenvalue weighted by Crippen LogP contribution is 2.42. The molecule has 0 spiro atoms. The molecule has 1 N–H and O–H groups in total. The highest BCUT2D eigenvalue weighted by atomic mass is 32.2. The van der Waals surface area contributed by atoms with Gasteiger partial charge in [-0.25, -0.2) is 8.93 Å². The number of nitrogens with one attached hydrogen (secondary N) is 1. The molecule has 2 atom stereocenters. The standard InChI is InChI=1S/C23H31NO3S/c1-15-13-16(2)20(17(3)14-15)28(25)24-19(18-11-9-8-10-12-18)21-26-22(4,5)23(6,7)27-21/h8-14,19,21,24H,1-7H3/t19-,28-/m1/s1. The molecule has 2 aromatic rings. The molecule has 0 saturated carbocycles. The summed E-state index contributed by atoms with van der Waals surface area (Å²) in [7, 11) is -1.40. The summed E-state index contributed by atoms with van der Waals surface area (Å²) in [6, 6.07) is 13.7. The monoisotopic (exact) mass is 401 g/mol. The average Bonchev–Trinajstić information content (AvgIpc) is 2.80. The van der Waals surface area contributed by atoms with Crippen molar-refractivity contribution >= 4 is 11.0 Å². The largest absolute Gasteiger partial charge is 0.342 e. The van der Waals surface area contributed by atoms with E-state index in [1.807, 2.05) is 71.9 Å². The van der Waals surface area contributed by atoms with Crippen LogP contribution in [-0.2, 0) is 20.5 Å². The van der Waals surface area contributed by atoms with Crippen LogP contribution < -0.4 is 4.72 Å². The fraction of sp³-hybridized carbons (Fsp3) is 0.478. The summed E-state index contributed by atoms with van der Waals surface area (Å²) in [5, 5.41) is 0. The summed E-state index contributed by atoms with van der Waals surface area (Å²) < 4.78 is 29.2. The number of hydrogen-bond donors (Lipinski definition) is 1. The Bertz CT molecular complexity index is 838. The van der Waals surface area contributed by atoms with Gasteiger partial charge >= 0.3 is 0 Å². The Labute approximate surface area is 171 Å². The van der Waals surface area contributed by atoms with Crippen LogP contribution in [0.15, 0.2) is 47.4 Å². The van der Waals surface area contributed by atoms with Gasteiger partial charge in [0.2, 0.25) is 0 Å². The molecular formula is C23H31NO3S. The maximum atomic E-state index is 13.3. The van der Waals surface area contributed by atoms with E-state index in [1.54, 1.807) is 0 Å². The van der Waals surface area contributed by atoms with E-state index < -0.39 is 28.5 Å². The molecule has 28 heavy (non-hydrogen) atoms. The Morgan fingerprint density at radius 1 is 0.929 bits per heavy atom. The molecule has 4 nitrogen and oxygen atoms in total. The summed E-state index contributed by atoms with van der Waals surface area (Å²) in [4.78, 5) is 0.822. The number of ether oxygens (including phenoxy) is 2. The van der Waals surface area contributed by atoms with Crippen molar-refractivity contribution in [2.24, 2.45) is 0 Å². The third-order valence-electron chi connectivity index (χ3n) is 5.73. The molecule has 1 fully saturated rings.